The molecule has 0 bridgehead atoms. The standard InChI is InChI=1S/C10H16O5.C8H14O4.2CH4/c1-6(11)12-5-7-4-8-9(13-7)15-10(2,3)14-8;1-8(2)11-6-3-5(4-9)10-7(6)12-8;;/h7-9H,4-5H2,1-3H3;5-7,9H,3-4H2,1-2H3;2*1H4/t7-,8+,9+;5-,6+,7+;;/m00../s1. The molecule has 4 aliphatic heterocycles. The molecule has 0 saturated carbocycles. The van der Waals surface area contributed by atoms with E-state index in [1.807, 2.05) is 27.7 Å². The van der Waals surface area contributed by atoms with Gasteiger partial charge in [-0.15, -0.1) is 0 Å². The van der Waals surface area contributed by atoms with Gasteiger partial charge in [-0.1, -0.05) is 14.9 Å². The number of hydrogen-bond acceptors (Lipinski definition) is 9. The quantitative estimate of drug-likeness (QED) is 0.687. The Hall–Kier alpha value is -0.810. The van der Waals surface area contributed by atoms with Crippen LogP contribution in [0.15, 0.2) is 0 Å². The van der Waals surface area contributed by atoms with Crippen LogP contribution in [0.4, 0.5) is 0 Å². The molecule has 4 fully saturated rings. The number of carbonyl (C=O) groups is 1. The lowest BCUT2D eigenvalue weighted by Gasteiger charge is -2.20. The summed E-state index contributed by atoms with van der Waals surface area (Å²) in [7, 11) is 0. The van der Waals surface area contributed by atoms with E-state index in [2.05, 4.69) is 0 Å². The number of aliphatic hydroxyl groups excluding tert-OH is 1. The molecule has 4 aliphatic rings. The fourth-order valence-corrected chi connectivity index (χ4v) is 3.60. The number of hydrogen-bond donors (Lipinski definition) is 1. The van der Waals surface area contributed by atoms with Gasteiger partial charge in [-0.05, 0) is 27.7 Å². The van der Waals surface area contributed by atoms with E-state index in [0.29, 0.717) is 6.42 Å². The molecule has 0 aromatic carbocycles. The average Bonchev–Trinajstić information content (AvgIpc) is 3.21. The smallest absolute Gasteiger partial charge is 0.302 e. The van der Waals surface area contributed by atoms with Crippen LogP contribution in [0.2, 0.25) is 0 Å². The van der Waals surface area contributed by atoms with Crippen LogP contribution in [0.3, 0.4) is 0 Å². The van der Waals surface area contributed by atoms with Gasteiger partial charge in [0.15, 0.2) is 24.2 Å². The van der Waals surface area contributed by atoms with Crippen LogP contribution in [0.1, 0.15) is 62.3 Å². The number of carbonyl (C=O) groups excluding carboxylic acids is 1. The number of ether oxygens (including phenoxy) is 7. The third-order valence-corrected chi connectivity index (χ3v) is 4.60. The summed E-state index contributed by atoms with van der Waals surface area (Å²) in [5, 5.41) is 8.82. The van der Waals surface area contributed by atoms with Crippen LogP contribution in [0.5, 0.6) is 0 Å². The molecular weight excluding hydrogens is 384 g/mol. The van der Waals surface area contributed by atoms with Gasteiger partial charge in [0.1, 0.15) is 18.8 Å². The lowest BCUT2D eigenvalue weighted by molar-refractivity contribution is -0.209. The SMILES string of the molecule is C.C.CC(=O)OC[C@@H]1C[C@H]2OC(C)(C)O[C@H]2O1.CC1(C)O[C@H]2O[C@H](CO)C[C@H]2O1. The third-order valence-electron chi connectivity index (χ3n) is 4.60. The Bertz CT molecular complexity index is 504. The monoisotopic (exact) mass is 422 g/mol. The van der Waals surface area contributed by atoms with Crippen LogP contribution >= 0.6 is 0 Å². The molecule has 0 amide bonds. The van der Waals surface area contributed by atoms with E-state index in [4.69, 9.17) is 38.3 Å². The highest BCUT2D eigenvalue weighted by molar-refractivity contribution is 5.65. The molecule has 172 valence electrons. The van der Waals surface area contributed by atoms with Crippen molar-refractivity contribution in [3.05, 3.63) is 0 Å². The highest BCUT2D eigenvalue weighted by Crippen LogP contribution is 2.37. The first-order chi connectivity index (χ1) is 12.6. The number of fused-ring (bicyclic) bond motifs is 2. The van der Waals surface area contributed by atoms with Crippen molar-refractivity contribution in [1.29, 1.82) is 0 Å². The topological polar surface area (TPSA) is 102 Å². The molecule has 4 heterocycles. The minimum Gasteiger partial charge on any atom is -0.463 e. The second kappa shape index (κ2) is 10.00. The van der Waals surface area contributed by atoms with E-state index >= 15 is 0 Å². The van der Waals surface area contributed by atoms with Crippen molar-refractivity contribution in [3.63, 3.8) is 0 Å². The van der Waals surface area contributed by atoms with Crippen molar-refractivity contribution in [3.8, 4) is 0 Å². The third kappa shape index (κ3) is 6.85. The zero-order chi connectivity index (χ0) is 19.8. The molecule has 0 unspecified atom stereocenters. The fourth-order valence-electron chi connectivity index (χ4n) is 3.60. The molecule has 4 saturated heterocycles. The number of rotatable bonds is 3. The normalized spacial score (nSPS) is 38.0. The Balaban J connectivity index is 0.000000277. The molecule has 9 heteroatoms. The summed E-state index contributed by atoms with van der Waals surface area (Å²) in [4.78, 5) is 10.6. The molecule has 6 atom stereocenters. The summed E-state index contributed by atoms with van der Waals surface area (Å²) >= 11 is 0. The van der Waals surface area contributed by atoms with E-state index in [-0.39, 0.29) is 71.0 Å². The second-order valence-electron chi connectivity index (χ2n) is 8.06. The molecule has 0 aromatic rings. The van der Waals surface area contributed by atoms with Crippen LogP contribution in [-0.4, -0.2) is 72.9 Å². The van der Waals surface area contributed by atoms with E-state index in [9.17, 15) is 4.79 Å². The minimum absolute atomic E-state index is 0. The first-order valence-corrected chi connectivity index (χ1v) is 9.33. The Morgan fingerprint density at radius 3 is 1.76 bits per heavy atom. The zero-order valence-electron chi connectivity index (χ0n) is 16.5. The van der Waals surface area contributed by atoms with Gasteiger partial charge in [0, 0.05) is 19.8 Å². The average molecular weight is 423 g/mol. The highest BCUT2D eigenvalue weighted by Gasteiger charge is 2.49. The molecule has 29 heavy (non-hydrogen) atoms. The first-order valence-electron chi connectivity index (χ1n) is 9.33. The van der Waals surface area contributed by atoms with Gasteiger partial charge in [-0.25, -0.2) is 0 Å². The van der Waals surface area contributed by atoms with Gasteiger partial charge in [-0.2, -0.15) is 0 Å². The summed E-state index contributed by atoms with van der Waals surface area (Å²) < 4.78 is 37.9. The largest absolute Gasteiger partial charge is 0.463 e. The molecule has 4 rings (SSSR count). The van der Waals surface area contributed by atoms with Crippen molar-refractivity contribution in [2.75, 3.05) is 13.2 Å². The summed E-state index contributed by atoms with van der Waals surface area (Å²) in [6, 6.07) is 0. The summed E-state index contributed by atoms with van der Waals surface area (Å²) in [6.45, 7) is 9.14. The lowest BCUT2D eigenvalue weighted by Crippen LogP contribution is -2.26. The summed E-state index contributed by atoms with van der Waals surface area (Å²) in [6.07, 6.45) is 0.568. The van der Waals surface area contributed by atoms with Crippen molar-refractivity contribution in [2.45, 2.75) is 111 Å². The predicted molar refractivity (Wildman–Crippen MR) is 104 cm³/mol. The van der Waals surface area contributed by atoms with Gasteiger partial charge >= 0.3 is 5.97 Å². The minimum atomic E-state index is -0.568. The molecule has 0 spiro atoms. The number of esters is 1. The van der Waals surface area contributed by atoms with Gasteiger partial charge in [0.05, 0.1) is 18.8 Å². The predicted octanol–water partition coefficient (Wildman–Crippen LogP) is 2.33. The summed E-state index contributed by atoms with van der Waals surface area (Å²) in [5.41, 5.74) is 0. The molecule has 1 N–H and O–H groups in total. The van der Waals surface area contributed by atoms with Crippen LogP contribution in [0.25, 0.3) is 0 Å². The Morgan fingerprint density at radius 1 is 0.897 bits per heavy atom. The van der Waals surface area contributed by atoms with E-state index < -0.39 is 11.6 Å². The van der Waals surface area contributed by atoms with Crippen molar-refractivity contribution < 1.29 is 43.1 Å². The van der Waals surface area contributed by atoms with Crippen molar-refractivity contribution in [2.24, 2.45) is 0 Å². The Kier molecular flexibility index (Phi) is 9.04. The molecule has 9 nitrogen and oxygen atoms in total. The maximum atomic E-state index is 10.6. The molecular formula is C20H38O9. The van der Waals surface area contributed by atoms with Crippen LogP contribution in [0, 0.1) is 0 Å². The van der Waals surface area contributed by atoms with Crippen LogP contribution < -0.4 is 0 Å². The fraction of sp³-hybridized carbons (Fsp3) is 0.950. The Labute approximate surface area is 173 Å². The maximum absolute atomic E-state index is 10.6. The van der Waals surface area contributed by atoms with Gasteiger partial charge in [0.25, 0.3) is 0 Å². The lowest BCUT2D eigenvalue weighted by atomic mass is 10.2. The van der Waals surface area contributed by atoms with E-state index in [0.717, 1.165) is 6.42 Å². The van der Waals surface area contributed by atoms with E-state index in [1.165, 1.54) is 6.92 Å². The van der Waals surface area contributed by atoms with E-state index in [1.54, 1.807) is 0 Å². The van der Waals surface area contributed by atoms with Gasteiger partial charge < -0.3 is 38.3 Å². The Morgan fingerprint density at radius 2 is 1.34 bits per heavy atom. The molecule has 0 radical (unpaired) electrons. The molecule has 0 aliphatic carbocycles. The number of aliphatic hydroxyl groups is 1. The second-order valence-corrected chi connectivity index (χ2v) is 8.06. The van der Waals surface area contributed by atoms with Gasteiger partial charge in [-0.3, -0.25) is 4.79 Å². The van der Waals surface area contributed by atoms with Crippen molar-refractivity contribution >= 4 is 5.97 Å². The zero-order valence-corrected chi connectivity index (χ0v) is 16.5. The first kappa shape index (κ1) is 26.2. The van der Waals surface area contributed by atoms with Crippen LogP contribution in [-0.2, 0) is 38.0 Å². The van der Waals surface area contributed by atoms with Crippen molar-refractivity contribution in [1.82, 2.24) is 0 Å². The summed E-state index contributed by atoms with van der Waals surface area (Å²) in [5.74, 6) is -1.39. The van der Waals surface area contributed by atoms with Gasteiger partial charge in [0.2, 0.25) is 0 Å². The maximum Gasteiger partial charge on any atom is 0.302 e. The highest BCUT2D eigenvalue weighted by atomic mass is 16.8. The molecule has 0 aromatic heterocycles.